The van der Waals surface area contributed by atoms with Gasteiger partial charge < -0.3 is 20.1 Å². The molecule has 4 rings (SSSR count). The molecule has 34 heavy (non-hydrogen) atoms. The smallest absolute Gasteiger partial charge is 0.388 e. The molecule has 2 fully saturated rings. The van der Waals surface area contributed by atoms with E-state index in [0.29, 0.717) is 41.4 Å². The maximum Gasteiger partial charge on any atom is 0.388 e. The van der Waals surface area contributed by atoms with Crippen LogP contribution in [0.5, 0.6) is 5.88 Å². The minimum Gasteiger partial charge on any atom is -0.417 e. The molecule has 2 aliphatic heterocycles. The predicted octanol–water partition coefficient (Wildman–Crippen LogP) is 4.62. The van der Waals surface area contributed by atoms with Gasteiger partial charge in [-0.25, -0.2) is 4.98 Å². The number of guanidine groups is 1. The SMILES string of the molecule is C[C@H]1C[C@@H](N2C(=N)N[C@](C)(c3cccc(Nc4ccc(OC(F)F)nc4)c3Cl)CC2=O)CCO1. The molecule has 1 amide bonds. The fourth-order valence-electron chi connectivity index (χ4n) is 4.46. The minimum absolute atomic E-state index is 0.0374. The van der Waals surface area contributed by atoms with Crippen LogP contribution in [0.25, 0.3) is 0 Å². The number of amides is 1. The van der Waals surface area contributed by atoms with Gasteiger partial charge in [0.2, 0.25) is 11.8 Å². The summed E-state index contributed by atoms with van der Waals surface area (Å²) in [6.45, 7) is 1.42. The van der Waals surface area contributed by atoms with E-state index in [4.69, 9.17) is 21.7 Å². The molecule has 8 nitrogen and oxygen atoms in total. The first-order valence-corrected chi connectivity index (χ1v) is 11.3. The first-order chi connectivity index (χ1) is 16.2. The number of hydrogen-bond acceptors (Lipinski definition) is 6. The lowest BCUT2D eigenvalue weighted by atomic mass is 9.85. The van der Waals surface area contributed by atoms with Crippen molar-refractivity contribution in [2.24, 2.45) is 0 Å². The first kappa shape index (κ1) is 24.2. The van der Waals surface area contributed by atoms with Gasteiger partial charge in [-0.2, -0.15) is 8.78 Å². The summed E-state index contributed by atoms with van der Waals surface area (Å²) in [5, 5.41) is 15.3. The van der Waals surface area contributed by atoms with Gasteiger partial charge in [-0.1, -0.05) is 23.7 Å². The molecule has 182 valence electrons. The standard InChI is InChI=1S/C23H26ClF2N5O3/c1-13-10-15(8-9-33-13)31-19(32)11-23(2,30-22(31)27)16-4-3-5-17(20(16)24)29-14-6-7-18(28-12-14)34-21(25)26/h3-7,12-13,15,21,29H,8-11H2,1-2H3,(H2,27,30)/t13-,15-,23-/m0/s1. The zero-order valence-electron chi connectivity index (χ0n) is 18.8. The molecule has 0 saturated carbocycles. The summed E-state index contributed by atoms with van der Waals surface area (Å²) >= 11 is 6.72. The average molecular weight is 494 g/mol. The van der Waals surface area contributed by atoms with Crippen molar-refractivity contribution in [3.8, 4) is 5.88 Å². The van der Waals surface area contributed by atoms with Crippen LogP contribution in [0, 0.1) is 5.41 Å². The predicted molar refractivity (Wildman–Crippen MR) is 124 cm³/mol. The van der Waals surface area contributed by atoms with E-state index in [0.717, 1.165) is 0 Å². The van der Waals surface area contributed by atoms with Gasteiger partial charge in [0.05, 0.1) is 40.7 Å². The molecule has 2 saturated heterocycles. The van der Waals surface area contributed by atoms with Crippen LogP contribution in [0.1, 0.15) is 38.7 Å². The van der Waals surface area contributed by atoms with Gasteiger partial charge in [-0.05, 0) is 44.4 Å². The van der Waals surface area contributed by atoms with E-state index in [1.54, 1.807) is 18.2 Å². The molecule has 0 unspecified atom stereocenters. The van der Waals surface area contributed by atoms with E-state index in [1.807, 2.05) is 19.9 Å². The van der Waals surface area contributed by atoms with Gasteiger partial charge in [-0.3, -0.25) is 15.1 Å². The highest BCUT2D eigenvalue weighted by atomic mass is 35.5. The van der Waals surface area contributed by atoms with Crippen molar-refractivity contribution in [2.75, 3.05) is 11.9 Å². The lowest BCUT2D eigenvalue weighted by Gasteiger charge is -2.45. The highest BCUT2D eigenvalue weighted by molar-refractivity contribution is 6.34. The zero-order valence-corrected chi connectivity index (χ0v) is 19.5. The first-order valence-electron chi connectivity index (χ1n) is 10.9. The Morgan fingerprint density at radius 1 is 1.38 bits per heavy atom. The number of carbonyl (C=O) groups excluding carboxylic acids is 1. The number of halogens is 3. The summed E-state index contributed by atoms with van der Waals surface area (Å²) in [5.41, 5.74) is 0.837. The number of rotatable bonds is 6. The number of nitrogens with zero attached hydrogens (tertiary/aromatic N) is 2. The Balaban J connectivity index is 1.53. The Hall–Kier alpha value is -2.98. The molecule has 3 atom stereocenters. The van der Waals surface area contributed by atoms with Gasteiger partial charge in [0.25, 0.3) is 0 Å². The van der Waals surface area contributed by atoms with Gasteiger partial charge >= 0.3 is 6.61 Å². The summed E-state index contributed by atoms with van der Waals surface area (Å²) in [5.74, 6) is -0.287. The Bertz CT molecular complexity index is 1050. The number of nitrogens with one attached hydrogen (secondary N) is 3. The van der Waals surface area contributed by atoms with Gasteiger partial charge in [0, 0.05) is 18.7 Å². The second-order valence-corrected chi connectivity index (χ2v) is 9.04. The van der Waals surface area contributed by atoms with Crippen LogP contribution < -0.4 is 15.4 Å². The number of aromatic nitrogens is 1. The third kappa shape index (κ3) is 5.07. The van der Waals surface area contributed by atoms with Crippen molar-refractivity contribution >= 4 is 34.8 Å². The molecule has 1 aromatic carbocycles. The topological polar surface area (TPSA) is 99.6 Å². The van der Waals surface area contributed by atoms with Crippen molar-refractivity contribution in [2.45, 2.75) is 57.4 Å². The van der Waals surface area contributed by atoms with E-state index in [1.165, 1.54) is 17.2 Å². The lowest BCUT2D eigenvalue weighted by Crippen LogP contribution is -2.63. The molecule has 0 spiro atoms. The van der Waals surface area contributed by atoms with Crippen molar-refractivity contribution in [1.82, 2.24) is 15.2 Å². The molecule has 0 aliphatic carbocycles. The van der Waals surface area contributed by atoms with Crippen molar-refractivity contribution < 1.29 is 23.0 Å². The maximum atomic E-state index is 13.2. The normalized spacial score (nSPS) is 25.3. The van der Waals surface area contributed by atoms with E-state index < -0.39 is 12.2 Å². The van der Waals surface area contributed by atoms with Gasteiger partial charge in [0.15, 0.2) is 5.96 Å². The average Bonchev–Trinajstić information content (AvgIpc) is 2.75. The molecule has 2 aromatic rings. The number of carbonyl (C=O) groups is 1. The number of pyridine rings is 1. The van der Waals surface area contributed by atoms with E-state index in [9.17, 15) is 13.6 Å². The highest BCUT2D eigenvalue weighted by Crippen LogP contribution is 2.39. The largest absolute Gasteiger partial charge is 0.417 e. The number of hydrogen-bond donors (Lipinski definition) is 3. The van der Waals surface area contributed by atoms with Crippen LogP contribution in [0.2, 0.25) is 5.02 Å². The van der Waals surface area contributed by atoms with Crippen LogP contribution in [0.3, 0.4) is 0 Å². The number of alkyl halides is 2. The third-order valence-corrected chi connectivity index (χ3v) is 6.46. The minimum atomic E-state index is -2.95. The number of anilines is 2. The molecule has 3 N–H and O–H groups in total. The summed E-state index contributed by atoms with van der Waals surface area (Å²) < 4.78 is 34.5. The fourth-order valence-corrected chi connectivity index (χ4v) is 4.84. The Morgan fingerprint density at radius 3 is 2.82 bits per heavy atom. The number of benzene rings is 1. The molecular formula is C23H26ClF2N5O3. The van der Waals surface area contributed by atoms with Gasteiger partial charge in [-0.15, -0.1) is 0 Å². The molecule has 0 radical (unpaired) electrons. The van der Waals surface area contributed by atoms with Crippen LogP contribution in [-0.2, 0) is 15.1 Å². The quantitative estimate of drug-likeness (QED) is 0.543. The Kier molecular flexibility index (Phi) is 6.90. The summed E-state index contributed by atoms with van der Waals surface area (Å²) in [7, 11) is 0. The van der Waals surface area contributed by atoms with E-state index in [-0.39, 0.29) is 36.3 Å². The summed E-state index contributed by atoms with van der Waals surface area (Å²) in [6, 6.07) is 8.14. The highest BCUT2D eigenvalue weighted by Gasteiger charge is 2.43. The van der Waals surface area contributed by atoms with Crippen LogP contribution in [0.15, 0.2) is 36.5 Å². The summed E-state index contributed by atoms with van der Waals surface area (Å²) in [6.07, 6.45) is 2.89. The Morgan fingerprint density at radius 2 is 2.18 bits per heavy atom. The zero-order chi connectivity index (χ0) is 24.5. The molecule has 11 heteroatoms. The van der Waals surface area contributed by atoms with Gasteiger partial charge in [0.1, 0.15) is 0 Å². The van der Waals surface area contributed by atoms with Crippen molar-refractivity contribution in [3.05, 3.63) is 47.1 Å². The van der Waals surface area contributed by atoms with E-state index in [2.05, 4.69) is 20.4 Å². The number of ether oxygens (including phenoxy) is 2. The van der Waals surface area contributed by atoms with Crippen LogP contribution in [0.4, 0.5) is 20.2 Å². The molecule has 3 heterocycles. The second kappa shape index (κ2) is 9.71. The lowest BCUT2D eigenvalue weighted by molar-refractivity contribution is -0.134. The maximum absolute atomic E-state index is 13.2. The van der Waals surface area contributed by atoms with Crippen LogP contribution >= 0.6 is 11.6 Å². The molecule has 2 aliphatic rings. The Labute approximate surface area is 201 Å². The summed E-state index contributed by atoms with van der Waals surface area (Å²) in [4.78, 5) is 18.5. The molecule has 1 aromatic heterocycles. The van der Waals surface area contributed by atoms with Crippen molar-refractivity contribution in [1.29, 1.82) is 5.41 Å². The fraction of sp³-hybridized carbons (Fsp3) is 0.435. The van der Waals surface area contributed by atoms with E-state index >= 15 is 0 Å². The molecular weight excluding hydrogens is 468 g/mol. The van der Waals surface area contributed by atoms with Crippen molar-refractivity contribution in [3.63, 3.8) is 0 Å². The monoisotopic (exact) mass is 493 g/mol. The molecule has 0 bridgehead atoms. The van der Waals surface area contributed by atoms with Crippen LogP contribution in [-0.4, -0.2) is 47.1 Å². The third-order valence-electron chi connectivity index (χ3n) is 6.05. The second-order valence-electron chi connectivity index (χ2n) is 8.66.